The lowest BCUT2D eigenvalue weighted by molar-refractivity contribution is -0.125. The summed E-state index contributed by atoms with van der Waals surface area (Å²) in [4.78, 5) is 12.3. The highest BCUT2D eigenvalue weighted by Gasteiger charge is 2.38. The molecule has 2 rings (SSSR count). The first-order valence-corrected chi connectivity index (χ1v) is 7.71. The SMILES string of the molecule is CC(C)C(NC(=O)CC1(CN)CCC1)c1ccc(F)cc1. The van der Waals surface area contributed by atoms with Gasteiger partial charge < -0.3 is 11.1 Å². The smallest absolute Gasteiger partial charge is 0.221 e. The van der Waals surface area contributed by atoms with Crippen LogP contribution in [-0.2, 0) is 4.79 Å². The topological polar surface area (TPSA) is 55.1 Å². The van der Waals surface area contributed by atoms with Gasteiger partial charge in [-0.15, -0.1) is 0 Å². The summed E-state index contributed by atoms with van der Waals surface area (Å²) in [6.07, 6.45) is 3.74. The zero-order valence-electron chi connectivity index (χ0n) is 12.9. The molecule has 3 nitrogen and oxygen atoms in total. The van der Waals surface area contributed by atoms with E-state index in [9.17, 15) is 9.18 Å². The molecule has 1 aliphatic rings. The fourth-order valence-corrected chi connectivity index (χ4v) is 3.00. The molecule has 0 heterocycles. The maximum atomic E-state index is 13.0. The Morgan fingerprint density at radius 2 is 1.95 bits per heavy atom. The highest BCUT2D eigenvalue weighted by atomic mass is 19.1. The minimum absolute atomic E-state index is 0.00834. The first kappa shape index (κ1) is 16.0. The lowest BCUT2D eigenvalue weighted by Crippen LogP contribution is -2.43. The Morgan fingerprint density at radius 3 is 2.38 bits per heavy atom. The number of hydrogen-bond acceptors (Lipinski definition) is 2. The van der Waals surface area contributed by atoms with Crippen molar-refractivity contribution < 1.29 is 9.18 Å². The average molecular weight is 292 g/mol. The number of amides is 1. The summed E-state index contributed by atoms with van der Waals surface area (Å²) >= 11 is 0. The number of halogens is 1. The van der Waals surface area contributed by atoms with E-state index in [0.717, 1.165) is 24.8 Å². The molecule has 1 aromatic carbocycles. The number of benzene rings is 1. The maximum absolute atomic E-state index is 13.0. The lowest BCUT2D eigenvalue weighted by atomic mass is 9.66. The highest BCUT2D eigenvalue weighted by Crippen LogP contribution is 2.43. The zero-order chi connectivity index (χ0) is 15.5. The molecule has 1 saturated carbocycles. The number of carbonyl (C=O) groups is 1. The Morgan fingerprint density at radius 1 is 1.33 bits per heavy atom. The third-order valence-corrected chi connectivity index (χ3v) is 4.60. The molecular weight excluding hydrogens is 267 g/mol. The molecule has 0 aliphatic heterocycles. The summed E-state index contributed by atoms with van der Waals surface area (Å²) in [5, 5.41) is 3.09. The Hall–Kier alpha value is -1.42. The van der Waals surface area contributed by atoms with Gasteiger partial charge >= 0.3 is 0 Å². The van der Waals surface area contributed by atoms with Crippen molar-refractivity contribution in [2.24, 2.45) is 17.1 Å². The number of nitrogens with two attached hydrogens (primary N) is 1. The van der Waals surface area contributed by atoms with Gasteiger partial charge in [-0.25, -0.2) is 4.39 Å². The summed E-state index contributed by atoms with van der Waals surface area (Å²) in [6.45, 7) is 4.68. The molecule has 116 valence electrons. The van der Waals surface area contributed by atoms with Crippen LogP contribution in [-0.4, -0.2) is 12.5 Å². The van der Waals surface area contributed by atoms with Crippen molar-refractivity contribution in [2.45, 2.75) is 45.6 Å². The summed E-state index contributed by atoms with van der Waals surface area (Å²) < 4.78 is 13.0. The van der Waals surface area contributed by atoms with E-state index in [1.165, 1.54) is 12.1 Å². The fraction of sp³-hybridized carbons (Fsp3) is 0.588. The van der Waals surface area contributed by atoms with Crippen molar-refractivity contribution in [3.63, 3.8) is 0 Å². The van der Waals surface area contributed by atoms with Crippen molar-refractivity contribution in [3.05, 3.63) is 35.6 Å². The Balaban J connectivity index is 2.02. The third-order valence-electron chi connectivity index (χ3n) is 4.60. The van der Waals surface area contributed by atoms with Crippen LogP contribution in [0.1, 0.15) is 51.1 Å². The van der Waals surface area contributed by atoms with Gasteiger partial charge in [-0.2, -0.15) is 0 Å². The molecule has 0 saturated heterocycles. The van der Waals surface area contributed by atoms with Crippen LogP contribution >= 0.6 is 0 Å². The van der Waals surface area contributed by atoms with Gasteiger partial charge in [0.1, 0.15) is 5.82 Å². The quantitative estimate of drug-likeness (QED) is 0.846. The molecule has 0 aromatic heterocycles. The van der Waals surface area contributed by atoms with Gasteiger partial charge in [-0.3, -0.25) is 4.79 Å². The van der Waals surface area contributed by atoms with Gasteiger partial charge in [-0.1, -0.05) is 32.4 Å². The van der Waals surface area contributed by atoms with Gasteiger partial charge in [-0.05, 0) is 48.4 Å². The van der Waals surface area contributed by atoms with Gasteiger partial charge in [0.05, 0.1) is 6.04 Å². The van der Waals surface area contributed by atoms with Gasteiger partial charge in [0, 0.05) is 6.42 Å². The van der Waals surface area contributed by atoms with Crippen LogP contribution in [0.3, 0.4) is 0 Å². The number of rotatable bonds is 6. The summed E-state index contributed by atoms with van der Waals surface area (Å²) in [5.41, 5.74) is 6.76. The van der Waals surface area contributed by atoms with Crippen molar-refractivity contribution >= 4 is 5.91 Å². The van der Waals surface area contributed by atoms with E-state index in [1.54, 1.807) is 12.1 Å². The Bertz CT molecular complexity index is 475. The monoisotopic (exact) mass is 292 g/mol. The molecule has 0 bridgehead atoms. The van der Waals surface area contributed by atoms with E-state index in [1.807, 2.05) is 0 Å². The summed E-state index contributed by atoms with van der Waals surface area (Å²) in [7, 11) is 0. The van der Waals surface area contributed by atoms with E-state index in [0.29, 0.717) is 13.0 Å². The van der Waals surface area contributed by atoms with Crippen LogP contribution in [0.2, 0.25) is 0 Å². The second-order valence-electron chi connectivity index (χ2n) is 6.58. The molecule has 1 aliphatic carbocycles. The normalized spacial score (nSPS) is 18.1. The van der Waals surface area contributed by atoms with Crippen LogP contribution in [0.15, 0.2) is 24.3 Å². The number of hydrogen-bond donors (Lipinski definition) is 2. The Kier molecular flexibility index (Phi) is 4.99. The van der Waals surface area contributed by atoms with E-state index in [4.69, 9.17) is 5.73 Å². The van der Waals surface area contributed by atoms with E-state index in [2.05, 4.69) is 19.2 Å². The molecule has 3 N–H and O–H groups in total. The summed E-state index contributed by atoms with van der Waals surface area (Å²) in [5.74, 6) is 0.0296. The van der Waals surface area contributed by atoms with E-state index >= 15 is 0 Å². The third kappa shape index (κ3) is 3.82. The fourth-order valence-electron chi connectivity index (χ4n) is 3.00. The molecule has 1 aromatic rings. The second kappa shape index (κ2) is 6.56. The molecule has 0 radical (unpaired) electrons. The van der Waals surface area contributed by atoms with Gasteiger partial charge in [0.2, 0.25) is 5.91 Å². The molecular formula is C17H25FN2O. The number of carbonyl (C=O) groups excluding carboxylic acids is 1. The standard InChI is InChI=1S/C17H25FN2O/c1-12(2)16(13-4-6-14(18)7-5-13)20-15(21)10-17(11-19)8-3-9-17/h4-7,12,16H,3,8-11,19H2,1-2H3,(H,20,21). The predicted molar refractivity (Wildman–Crippen MR) is 82.1 cm³/mol. The van der Waals surface area contributed by atoms with Crippen LogP contribution in [0.4, 0.5) is 4.39 Å². The minimum atomic E-state index is -0.260. The first-order valence-electron chi connectivity index (χ1n) is 7.71. The van der Waals surface area contributed by atoms with Crippen molar-refractivity contribution in [1.82, 2.24) is 5.32 Å². The van der Waals surface area contributed by atoms with Crippen molar-refractivity contribution in [3.8, 4) is 0 Å². The zero-order valence-corrected chi connectivity index (χ0v) is 12.9. The molecule has 1 unspecified atom stereocenters. The highest BCUT2D eigenvalue weighted by molar-refractivity contribution is 5.77. The van der Waals surface area contributed by atoms with Crippen LogP contribution in [0, 0.1) is 17.2 Å². The Labute approximate surface area is 126 Å². The number of nitrogens with one attached hydrogen (secondary N) is 1. The van der Waals surface area contributed by atoms with E-state index < -0.39 is 0 Å². The molecule has 21 heavy (non-hydrogen) atoms. The van der Waals surface area contributed by atoms with Gasteiger partial charge in [0.25, 0.3) is 0 Å². The molecule has 0 spiro atoms. The molecule has 1 atom stereocenters. The van der Waals surface area contributed by atoms with Crippen molar-refractivity contribution in [2.75, 3.05) is 6.54 Å². The summed E-state index contributed by atoms with van der Waals surface area (Å²) in [6, 6.07) is 6.26. The first-order chi connectivity index (χ1) is 9.96. The van der Waals surface area contributed by atoms with E-state index in [-0.39, 0.29) is 29.1 Å². The van der Waals surface area contributed by atoms with Crippen molar-refractivity contribution in [1.29, 1.82) is 0 Å². The lowest BCUT2D eigenvalue weighted by Gasteiger charge is -2.40. The average Bonchev–Trinajstić information content (AvgIpc) is 2.41. The van der Waals surface area contributed by atoms with Gasteiger partial charge in [0.15, 0.2) is 0 Å². The second-order valence-corrected chi connectivity index (χ2v) is 6.58. The van der Waals surface area contributed by atoms with Crippen LogP contribution in [0.25, 0.3) is 0 Å². The largest absolute Gasteiger partial charge is 0.349 e. The molecule has 1 amide bonds. The molecule has 4 heteroatoms. The molecule has 1 fully saturated rings. The predicted octanol–water partition coefficient (Wildman–Crippen LogP) is 3.16. The van der Waals surface area contributed by atoms with Crippen LogP contribution in [0.5, 0.6) is 0 Å². The van der Waals surface area contributed by atoms with Crippen LogP contribution < -0.4 is 11.1 Å². The maximum Gasteiger partial charge on any atom is 0.221 e. The minimum Gasteiger partial charge on any atom is -0.349 e.